The molecule has 132 valence electrons. The Hall–Kier alpha value is -2.78. The second kappa shape index (κ2) is 8.54. The van der Waals surface area contributed by atoms with Crippen LogP contribution in [0.25, 0.3) is 0 Å². The average Bonchev–Trinajstić information content (AvgIpc) is 2.66. The van der Waals surface area contributed by atoms with Crippen molar-refractivity contribution < 1.29 is 9.53 Å². The van der Waals surface area contributed by atoms with Crippen LogP contribution in [0, 0.1) is 6.92 Å². The standard InChI is InChI=1S/C22H20ClNO2/c1-16-11-12-18(23)15-20(16)24-22(25)19-9-5-6-10-21(19)26-14-13-17-7-3-2-4-8-17/h2-12,15H,13-14H2,1H3,(H,24,25). The van der Waals surface area contributed by atoms with Gasteiger partial charge in [-0.25, -0.2) is 0 Å². The van der Waals surface area contributed by atoms with Crippen LogP contribution in [0.2, 0.25) is 5.02 Å². The molecule has 0 aliphatic rings. The maximum Gasteiger partial charge on any atom is 0.259 e. The molecule has 0 unspecified atom stereocenters. The highest BCUT2D eigenvalue weighted by Gasteiger charge is 2.13. The highest BCUT2D eigenvalue weighted by atomic mass is 35.5. The lowest BCUT2D eigenvalue weighted by Crippen LogP contribution is -2.15. The number of rotatable bonds is 6. The van der Waals surface area contributed by atoms with Gasteiger partial charge in [-0.05, 0) is 42.3 Å². The van der Waals surface area contributed by atoms with Crippen molar-refractivity contribution >= 4 is 23.2 Å². The van der Waals surface area contributed by atoms with Gasteiger partial charge in [0.2, 0.25) is 0 Å². The van der Waals surface area contributed by atoms with Crippen LogP contribution < -0.4 is 10.1 Å². The highest BCUT2D eigenvalue weighted by Crippen LogP contribution is 2.23. The van der Waals surface area contributed by atoms with E-state index in [-0.39, 0.29) is 5.91 Å². The van der Waals surface area contributed by atoms with Crippen LogP contribution in [0.3, 0.4) is 0 Å². The van der Waals surface area contributed by atoms with E-state index in [1.807, 2.05) is 49.4 Å². The summed E-state index contributed by atoms with van der Waals surface area (Å²) in [5.41, 5.74) is 3.34. The fourth-order valence-corrected chi connectivity index (χ4v) is 2.79. The molecule has 0 aliphatic heterocycles. The zero-order chi connectivity index (χ0) is 18.4. The Balaban J connectivity index is 1.69. The normalized spacial score (nSPS) is 10.4. The number of aryl methyl sites for hydroxylation is 1. The topological polar surface area (TPSA) is 38.3 Å². The van der Waals surface area contributed by atoms with Crippen LogP contribution in [0.5, 0.6) is 5.75 Å². The molecule has 26 heavy (non-hydrogen) atoms. The van der Waals surface area contributed by atoms with E-state index in [1.54, 1.807) is 18.2 Å². The summed E-state index contributed by atoms with van der Waals surface area (Å²) in [6, 6.07) is 22.8. The second-order valence-electron chi connectivity index (χ2n) is 5.99. The van der Waals surface area contributed by atoms with Crippen LogP contribution in [-0.4, -0.2) is 12.5 Å². The molecule has 0 aliphatic carbocycles. The van der Waals surface area contributed by atoms with Gasteiger partial charge in [0.15, 0.2) is 0 Å². The Morgan fingerprint density at radius 2 is 1.73 bits per heavy atom. The first-order chi connectivity index (χ1) is 12.6. The Kier molecular flexibility index (Phi) is 5.92. The van der Waals surface area contributed by atoms with Crippen molar-refractivity contribution in [3.05, 3.63) is 94.5 Å². The Labute approximate surface area is 158 Å². The summed E-state index contributed by atoms with van der Waals surface area (Å²) in [5, 5.41) is 3.49. The third-order valence-corrected chi connectivity index (χ3v) is 4.31. The van der Waals surface area contributed by atoms with Gasteiger partial charge in [-0.1, -0.05) is 60.1 Å². The third kappa shape index (κ3) is 4.64. The molecule has 1 amide bonds. The van der Waals surface area contributed by atoms with Crippen molar-refractivity contribution in [2.45, 2.75) is 13.3 Å². The quantitative estimate of drug-likeness (QED) is 0.624. The summed E-state index contributed by atoms with van der Waals surface area (Å²) in [5.74, 6) is 0.353. The Bertz CT molecular complexity index is 894. The van der Waals surface area contributed by atoms with Gasteiger partial charge in [0.1, 0.15) is 5.75 Å². The summed E-state index contributed by atoms with van der Waals surface area (Å²) >= 11 is 6.03. The maximum atomic E-state index is 12.7. The van der Waals surface area contributed by atoms with E-state index in [2.05, 4.69) is 17.4 Å². The van der Waals surface area contributed by atoms with Gasteiger partial charge in [-0.3, -0.25) is 4.79 Å². The lowest BCUT2D eigenvalue weighted by Gasteiger charge is -2.13. The zero-order valence-electron chi connectivity index (χ0n) is 14.5. The fraction of sp³-hybridized carbons (Fsp3) is 0.136. The highest BCUT2D eigenvalue weighted by molar-refractivity contribution is 6.31. The number of hydrogen-bond donors (Lipinski definition) is 1. The second-order valence-corrected chi connectivity index (χ2v) is 6.43. The van der Waals surface area contributed by atoms with Crippen LogP contribution in [-0.2, 0) is 6.42 Å². The minimum atomic E-state index is -0.217. The molecule has 3 aromatic carbocycles. The number of carbonyl (C=O) groups excluding carboxylic acids is 1. The van der Waals surface area contributed by atoms with Crippen molar-refractivity contribution in [2.24, 2.45) is 0 Å². The molecule has 0 radical (unpaired) electrons. The molecule has 0 bridgehead atoms. The number of benzene rings is 3. The largest absolute Gasteiger partial charge is 0.492 e. The maximum absolute atomic E-state index is 12.7. The zero-order valence-corrected chi connectivity index (χ0v) is 15.3. The number of ether oxygens (including phenoxy) is 1. The molecule has 0 spiro atoms. The first kappa shape index (κ1) is 18.0. The predicted molar refractivity (Wildman–Crippen MR) is 106 cm³/mol. The van der Waals surface area contributed by atoms with Gasteiger partial charge < -0.3 is 10.1 Å². The molecule has 0 fully saturated rings. The first-order valence-electron chi connectivity index (χ1n) is 8.47. The molecule has 4 heteroatoms. The summed E-state index contributed by atoms with van der Waals surface area (Å²) in [6.45, 7) is 2.43. The Morgan fingerprint density at radius 1 is 1.00 bits per heavy atom. The van der Waals surface area contributed by atoms with Crippen molar-refractivity contribution in [1.82, 2.24) is 0 Å². The van der Waals surface area contributed by atoms with Crippen LogP contribution >= 0.6 is 11.6 Å². The summed E-state index contributed by atoms with van der Waals surface area (Å²) in [6.07, 6.45) is 0.782. The molecule has 1 N–H and O–H groups in total. The van der Waals surface area contributed by atoms with Gasteiger partial charge in [-0.15, -0.1) is 0 Å². The van der Waals surface area contributed by atoms with Gasteiger partial charge >= 0.3 is 0 Å². The predicted octanol–water partition coefficient (Wildman–Crippen LogP) is 5.52. The molecule has 0 heterocycles. The smallest absolute Gasteiger partial charge is 0.259 e. The van der Waals surface area contributed by atoms with E-state index in [9.17, 15) is 4.79 Å². The monoisotopic (exact) mass is 365 g/mol. The molecule has 0 saturated carbocycles. The molecule has 3 rings (SSSR count). The molecule has 3 nitrogen and oxygen atoms in total. The number of hydrogen-bond acceptors (Lipinski definition) is 2. The molecular formula is C22H20ClNO2. The molecule has 0 saturated heterocycles. The number of amides is 1. The Morgan fingerprint density at radius 3 is 2.54 bits per heavy atom. The number of halogens is 1. The lowest BCUT2D eigenvalue weighted by molar-refractivity contribution is 0.102. The number of para-hydroxylation sites is 1. The molecule has 0 aromatic heterocycles. The van der Waals surface area contributed by atoms with E-state index in [0.717, 1.165) is 12.0 Å². The third-order valence-electron chi connectivity index (χ3n) is 4.07. The van der Waals surface area contributed by atoms with Gasteiger partial charge in [0.25, 0.3) is 5.91 Å². The van der Waals surface area contributed by atoms with Crippen molar-refractivity contribution in [3.8, 4) is 5.75 Å². The van der Waals surface area contributed by atoms with E-state index in [4.69, 9.17) is 16.3 Å². The fourth-order valence-electron chi connectivity index (χ4n) is 2.62. The molecular weight excluding hydrogens is 346 g/mol. The van der Waals surface area contributed by atoms with Crippen LogP contribution in [0.15, 0.2) is 72.8 Å². The van der Waals surface area contributed by atoms with E-state index >= 15 is 0 Å². The van der Waals surface area contributed by atoms with Gasteiger partial charge in [0, 0.05) is 17.1 Å². The van der Waals surface area contributed by atoms with E-state index < -0.39 is 0 Å². The summed E-state index contributed by atoms with van der Waals surface area (Å²) in [4.78, 5) is 12.7. The molecule has 0 atom stereocenters. The SMILES string of the molecule is Cc1ccc(Cl)cc1NC(=O)c1ccccc1OCCc1ccccc1. The van der Waals surface area contributed by atoms with Crippen molar-refractivity contribution in [1.29, 1.82) is 0 Å². The number of nitrogens with one attached hydrogen (secondary N) is 1. The summed E-state index contributed by atoms with van der Waals surface area (Å²) in [7, 11) is 0. The number of carbonyl (C=O) groups is 1. The average molecular weight is 366 g/mol. The van der Waals surface area contributed by atoms with Gasteiger partial charge in [-0.2, -0.15) is 0 Å². The van der Waals surface area contributed by atoms with Crippen LogP contribution in [0.4, 0.5) is 5.69 Å². The van der Waals surface area contributed by atoms with Crippen molar-refractivity contribution in [2.75, 3.05) is 11.9 Å². The van der Waals surface area contributed by atoms with Gasteiger partial charge in [0.05, 0.1) is 12.2 Å². The minimum absolute atomic E-state index is 0.217. The van der Waals surface area contributed by atoms with Crippen LogP contribution in [0.1, 0.15) is 21.5 Å². The van der Waals surface area contributed by atoms with Crippen molar-refractivity contribution in [3.63, 3.8) is 0 Å². The molecule has 3 aromatic rings. The minimum Gasteiger partial charge on any atom is -0.492 e. The first-order valence-corrected chi connectivity index (χ1v) is 8.84. The summed E-state index contributed by atoms with van der Waals surface area (Å²) < 4.78 is 5.87. The lowest BCUT2D eigenvalue weighted by atomic mass is 10.1. The van der Waals surface area contributed by atoms with E-state index in [0.29, 0.717) is 28.6 Å². The van der Waals surface area contributed by atoms with E-state index in [1.165, 1.54) is 5.56 Å². The number of anilines is 1.